The Labute approximate surface area is 120 Å². The van der Waals surface area contributed by atoms with E-state index in [2.05, 4.69) is 43.4 Å². The minimum Gasteiger partial charge on any atom is -0.454 e. The van der Waals surface area contributed by atoms with Crippen molar-refractivity contribution >= 4 is 5.97 Å². The van der Waals surface area contributed by atoms with Gasteiger partial charge in [0, 0.05) is 12.5 Å². The smallest absolute Gasteiger partial charge is 0.331 e. The van der Waals surface area contributed by atoms with Crippen LogP contribution in [-0.4, -0.2) is 12.1 Å². The van der Waals surface area contributed by atoms with Gasteiger partial charge in [0.05, 0.1) is 0 Å². The van der Waals surface area contributed by atoms with E-state index in [4.69, 9.17) is 4.74 Å². The Kier molecular flexibility index (Phi) is 3.72. The molecular weight excluding hydrogens is 248 g/mol. The van der Waals surface area contributed by atoms with E-state index in [1.54, 1.807) is 0 Å². The fourth-order valence-electron chi connectivity index (χ4n) is 3.07. The Morgan fingerprint density at radius 1 is 1.10 bits per heavy atom. The minimum atomic E-state index is -0.231. The van der Waals surface area contributed by atoms with Crippen LogP contribution in [0.3, 0.4) is 0 Å². The van der Waals surface area contributed by atoms with Crippen molar-refractivity contribution in [1.29, 1.82) is 0 Å². The summed E-state index contributed by atoms with van der Waals surface area (Å²) < 4.78 is 5.46. The van der Waals surface area contributed by atoms with Crippen LogP contribution in [0.2, 0.25) is 0 Å². The molecule has 0 amide bonds. The van der Waals surface area contributed by atoms with Crippen molar-refractivity contribution in [1.82, 2.24) is 0 Å². The topological polar surface area (TPSA) is 26.3 Å². The third kappa shape index (κ3) is 2.69. The Balaban J connectivity index is 1.92. The Hall–Kier alpha value is -1.83. The molecule has 2 nitrogen and oxygen atoms in total. The van der Waals surface area contributed by atoms with Gasteiger partial charge in [-0.1, -0.05) is 49.5 Å². The van der Waals surface area contributed by atoms with Gasteiger partial charge < -0.3 is 4.74 Å². The molecule has 2 bridgehead atoms. The first kappa shape index (κ1) is 13.2. The van der Waals surface area contributed by atoms with Crippen molar-refractivity contribution in [2.45, 2.75) is 32.3 Å². The van der Waals surface area contributed by atoms with Gasteiger partial charge in [0.2, 0.25) is 0 Å². The van der Waals surface area contributed by atoms with Crippen LogP contribution in [0.25, 0.3) is 0 Å². The predicted molar refractivity (Wildman–Crippen MR) is 80.0 cm³/mol. The molecule has 2 aliphatic carbocycles. The van der Waals surface area contributed by atoms with E-state index < -0.39 is 0 Å². The lowest BCUT2D eigenvalue weighted by Crippen LogP contribution is -2.24. The number of ether oxygens (including phenoxy) is 1. The van der Waals surface area contributed by atoms with E-state index in [9.17, 15) is 4.79 Å². The molecule has 3 aliphatic rings. The monoisotopic (exact) mass is 268 g/mol. The highest BCUT2D eigenvalue weighted by molar-refractivity contribution is 5.83. The molecule has 0 saturated carbocycles. The summed E-state index contributed by atoms with van der Waals surface area (Å²) >= 11 is 0. The molecule has 0 radical (unpaired) electrons. The maximum absolute atomic E-state index is 11.4. The highest BCUT2D eigenvalue weighted by Gasteiger charge is 2.26. The second-order valence-electron chi connectivity index (χ2n) is 5.77. The van der Waals surface area contributed by atoms with E-state index in [0.717, 1.165) is 24.8 Å². The molecule has 0 fully saturated rings. The van der Waals surface area contributed by atoms with Gasteiger partial charge in [-0.15, -0.1) is 0 Å². The van der Waals surface area contributed by atoms with Crippen LogP contribution in [0, 0.1) is 11.8 Å². The summed E-state index contributed by atoms with van der Waals surface area (Å²) in [6, 6.07) is 0. The van der Waals surface area contributed by atoms with Crippen molar-refractivity contribution in [3.8, 4) is 0 Å². The van der Waals surface area contributed by atoms with Gasteiger partial charge in [-0.2, -0.15) is 0 Å². The summed E-state index contributed by atoms with van der Waals surface area (Å²) in [6.45, 7) is 2.30. The number of hydrogen-bond donors (Lipinski definition) is 0. The predicted octanol–water partition coefficient (Wildman–Crippen LogP) is 3.88. The molecule has 1 aliphatic heterocycles. The second kappa shape index (κ2) is 5.66. The minimum absolute atomic E-state index is 0.121. The van der Waals surface area contributed by atoms with Crippen molar-refractivity contribution < 1.29 is 9.53 Å². The zero-order chi connectivity index (χ0) is 13.9. The fourth-order valence-corrected chi connectivity index (χ4v) is 3.07. The van der Waals surface area contributed by atoms with Crippen LogP contribution in [0.5, 0.6) is 0 Å². The molecule has 3 atom stereocenters. The van der Waals surface area contributed by atoms with E-state index in [-0.39, 0.29) is 12.1 Å². The van der Waals surface area contributed by atoms with Gasteiger partial charge in [0.25, 0.3) is 0 Å². The van der Waals surface area contributed by atoms with E-state index in [1.807, 2.05) is 6.08 Å². The van der Waals surface area contributed by atoms with Crippen LogP contribution in [0.1, 0.15) is 26.2 Å². The van der Waals surface area contributed by atoms with Crippen molar-refractivity contribution in [2.24, 2.45) is 11.8 Å². The second-order valence-corrected chi connectivity index (χ2v) is 5.77. The molecule has 0 N–H and O–H groups in total. The molecule has 3 unspecified atom stereocenters. The summed E-state index contributed by atoms with van der Waals surface area (Å²) in [6.07, 6.45) is 19.3. The van der Waals surface area contributed by atoms with Gasteiger partial charge in [0.15, 0.2) is 0 Å². The Bertz CT molecular complexity index is 546. The standard InChI is InChI=1S/C18H20O2/c1-13-6-3-2-4-7-15-12-14(13)10-11-16(15)17-8-5-9-18(19)20-17/h2-5,7,9-11,13-14,17H,6,8,12H2,1H3. The summed E-state index contributed by atoms with van der Waals surface area (Å²) in [5.74, 6) is 0.994. The third-order valence-corrected chi connectivity index (χ3v) is 4.34. The largest absolute Gasteiger partial charge is 0.454 e. The van der Waals surface area contributed by atoms with E-state index >= 15 is 0 Å². The number of carbonyl (C=O) groups is 1. The molecule has 2 heteroatoms. The van der Waals surface area contributed by atoms with Gasteiger partial charge in [-0.05, 0) is 35.8 Å². The number of allylic oxidation sites excluding steroid dienone is 6. The van der Waals surface area contributed by atoms with E-state index in [0.29, 0.717) is 11.8 Å². The quantitative estimate of drug-likeness (QED) is 0.674. The first-order valence-electron chi connectivity index (χ1n) is 7.35. The highest BCUT2D eigenvalue weighted by atomic mass is 16.5. The Morgan fingerprint density at radius 3 is 2.85 bits per heavy atom. The summed E-state index contributed by atoms with van der Waals surface area (Å²) in [7, 11) is 0. The molecule has 3 rings (SSSR count). The van der Waals surface area contributed by atoms with Crippen molar-refractivity contribution in [3.63, 3.8) is 0 Å². The molecule has 0 aromatic rings. The normalized spacial score (nSPS) is 32.6. The van der Waals surface area contributed by atoms with Gasteiger partial charge >= 0.3 is 5.97 Å². The maximum atomic E-state index is 11.4. The van der Waals surface area contributed by atoms with Crippen molar-refractivity contribution in [3.05, 3.63) is 59.8 Å². The van der Waals surface area contributed by atoms with Gasteiger partial charge in [-0.25, -0.2) is 4.79 Å². The summed E-state index contributed by atoms with van der Waals surface area (Å²) in [5, 5.41) is 0. The molecule has 0 saturated heterocycles. The summed E-state index contributed by atoms with van der Waals surface area (Å²) in [4.78, 5) is 11.4. The van der Waals surface area contributed by atoms with Gasteiger partial charge in [0.1, 0.15) is 6.10 Å². The van der Waals surface area contributed by atoms with Crippen LogP contribution in [0.4, 0.5) is 0 Å². The zero-order valence-corrected chi connectivity index (χ0v) is 11.8. The van der Waals surface area contributed by atoms with Crippen LogP contribution < -0.4 is 0 Å². The number of fused-ring (bicyclic) bond motifs is 2. The van der Waals surface area contributed by atoms with Crippen LogP contribution in [0.15, 0.2) is 59.8 Å². The van der Waals surface area contributed by atoms with Crippen LogP contribution >= 0.6 is 0 Å². The third-order valence-electron chi connectivity index (χ3n) is 4.34. The zero-order valence-electron chi connectivity index (χ0n) is 11.8. The lowest BCUT2D eigenvalue weighted by atomic mass is 9.79. The lowest BCUT2D eigenvalue weighted by Gasteiger charge is -2.29. The maximum Gasteiger partial charge on any atom is 0.331 e. The molecule has 0 aromatic heterocycles. The number of rotatable bonds is 1. The fraction of sp³-hybridized carbons (Fsp3) is 0.389. The summed E-state index contributed by atoms with van der Waals surface area (Å²) in [5.41, 5.74) is 2.47. The molecular formula is C18H20O2. The molecule has 20 heavy (non-hydrogen) atoms. The van der Waals surface area contributed by atoms with Crippen LogP contribution in [-0.2, 0) is 9.53 Å². The van der Waals surface area contributed by atoms with Crippen molar-refractivity contribution in [2.75, 3.05) is 0 Å². The average molecular weight is 268 g/mol. The van der Waals surface area contributed by atoms with E-state index in [1.165, 1.54) is 11.6 Å². The average Bonchev–Trinajstić information content (AvgIpc) is 2.52. The Morgan fingerprint density at radius 2 is 2.00 bits per heavy atom. The molecule has 0 aromatic carbocycles. The number of carbonyl (C=O) groups excluding carboxylic acids is 1. The first-order valence-corrected chi connectivity index (χ1v) is 7.35. The molecule has 104 valence electrons. The number of esters is 1. The molecule has 0 spiro atoms. The highest BCUT2D eigenvalue weighted by Crippen LogP contribution is 2.35. The SMILES string of the molecule is CC1CC=CC=CC2=C(C3CC=CC(=O)O3)C=CC1C2. The molecule has 1 heterocycles. The van der Waals surface area contributed by atoms with Gasteiger partial charge in [-0.3, -0.25) is 0 Å². The first-order chi connectivity index (χ1) is 9.74. The number of cyclic esters (lactones) is 1. The number of hydrogen-bond acceptors (Lipinski definition) is 2. The lowest BCUT2D eigenvalue weighted by molar-refractivity contribution is -0.142.